The number of aryl methyl sites for hydroxylation is 1. The molecular formula is C14H19N5. The maximum Gasteiger partial charge on any atom is 0.182 e. The van der Waals surface area contributed by atoms with Crippen LogP contribution < -0.4 is 5.73 Å². The normalized spacial score (nSPS) is 16.1. The molecule has 0 amide bonds. The molecular weight excluding hydrogens is 238 g/mol. The van der Waals surface area contributed by atoms with E-state index in [0.29, 0.717) is 5.92 Å². The number of aromatic nitrogens is 4. The summed E-state index contributed by atoms with van der Waals surface area (Å²) >= 11 is 0. The average molecular weight is 257 g/mol. The molecule has 1 saturated carbocycles. The summed E-state index contributed by atoms with van der Waals surface area (Å²) in [5.41, 5.74) is 8.82. The van der Waals surface area contributed by atoms with Crippen molar-refractivity contribution in [2.75, 3.05) is 5.73 Å². The van der Waals surface area contributed by atoms with Crippen molar-refractivity contribution in [3.05, 3.63) is 23.8 Å². The standard InChI is InChI=1S/C14H19N5/c1-10-6-7-12(8-13(10)15)14-16-17-18-19(14)9-11-4-2-3-5-11/h6-8,11H,2-5,9,15H2,1H3. The van der Waals surface area contributed by atoms with Crippen molar-refractivity contribution < 1.29 is 0 Å². The molecule has 1 fully saturated rings. The van der Waals surface area contributed by atoms with E-state index in [4.69, 9.17) is 5.73 Å². The van der Waals surface area contributed by atoms with Gasteiger partial charge in [-0.2, -0.15) is 0 Å². The summed E-state index contributed by atoms with van der Waals surface area (Å²) in [7, 11) is 0. The van der Waals surface area contributed by atoms with Gasteiger partial charge in [-0.1, -0.05) is 25.0 Å². The first-order valence-corrected chi connectivity index (χ1v) is 6.86. The predicted molar refractivity (Wildman–Crippen MR) is 74.4 cm³/mol. The highest BCUT2D eigenvalue weighted by Crippen LogP contribution is 2.28. The second-order valence-corrected chi connectivity index (χ2v) is 5.41. The lowest BCUT2D eigenvalue weighted by Crippen LogP contribution is -2.10. The van der Waals surface area contributed by atoms with Crippen LogP contribution in [0.4, 0.5) is 5.69 Å². The molecule has 0 saturated heterocycles. The molecule has 0 bridgehead atoms. The number of nitrogens with zero attached hydrogens (tertiary/aromatic N) is 4. The molecule has 2 N–H and O–H groups in total. The van der Waals surface area contributed by atoms with Crippen molar-refractivity contribution in [1.29, 1.82) is 0 Å². The molecule has 2 aromatic rings. The molecule has 100 valence electrons. The molecule has 0 spiro atoms. The van der Waals surface area contributed by atoms with Crippen LogP contribution in [-0.2, 0) is 6.54 Å². The van der Waals surface area contributed by atoms with Crippen LogP contribution in [0, 0.1) is 12.8 Å². The largest absolute Gasteiger partial charge is 0.398 e. The molecule has 1 aliphatic rings. The van der Waals surface area contributed by atoms with Gasteiger partial charge in [0.05, 0.1) is 0 Å². The number of rotatable bonds is 3. The third-order valence-electron chi connectivity index (χ3n) is 3.98. The summed E-state index contributed by atoms with van der Waals surface area (Å²) in [6.07, 6.45) is 5.24. The Hall–Kier alpha value is -1.91. The Labute approximate surface area is 112 Å². The number of hydrogen-bond donors (Lipinski definition) is 1. The molecule has 19 heavy (non-hydrogen) atoms. The molecule has 5 nitrogen and oxygen atoms in total. The van der Waals surface area contributed by atoms with Crippen LogP contribution in [0.2, 0.25) is 0 Å². The lowest BCUT2D eigenvalue weighted by atomic mass is 10.1. The number of hydrogen-bond acceptors (Lipinski definition) is 4. The summed E-state index contributed by atoms with van der Waals surface area (Å²) in [5, 5.41) is 12.1. The van der Waals surface area contributed by atoms with Crippen molar-refractivity contribution in [2.24, 2.45) is 5.92 Å². The molecule has 0 atom stereocenters. The van der Waals surface area contributed by atoms with Crippen LogP contribution in [0.5, 0.6) is 0 Å². The van der Waals surface area contributed by atoms with Crippen molar-refractivity contribution in [1.82, 2.24) is 20.2 Å². The maximum absolute atomic E-state index is 5.96. The SMILES string of the molecule is Cc1ccc(-c2nnnn2CC2CCCC2)cc1N. The Morgan fingerprint density at radius 1 is 1.32 bits per heavy atom. The summed E-state index contributed by atoms with van der Waals surface area (Å²) in [4.78, 5) is 0. The monoisotopic (exact) mass is 257 g/mol. The van der Waals surface area contributed by atoms with Crippen molar-refractivity contribution in [2.45, 2.75) is 39.2 Å². The summed E-state index contributed by atoms with van der Waals surface area (Å²) in [6, 6.07) is 5.99. The van der Waals surface area contributed by atoms with Gasteiger partial charge in [0.25, 0.3) is 0 Å². The summed E-state index contributed by atoms with van der Waals surface area (Å²) in [5.74, 6) is 1.53. The van der Waals surface area contributed by atoms with E-state index >= 15 is 0 Å². The van der Waals surface area contributed by atoms with Crippen LogP contribution in [0.15, 0.2) is 18.2 Å². The Morgan fingerprint density at radius 3 is 2.84 bits per heavy atom. The molecule has 0 unspecified atom stereocenters. The van der Waals surface area contributed by atoms with Gasteiger partial charge in [0.2, 0.25) is 0 Å². The maximum atomic E-state index is 5.96. The minimum Gasteiger partial charge on any atom is -0.398 e. The summed E-state index contributed by atoms with van der Waals surface area (Å²) < 4.78 is 1.92. The Morgan fingerprint density at radius 2 is 2.11 bits per heavy atom. The molecule has 1 aliphatic carbocycles. The zero-order valence-electron chi connectivity index (χ0n) is 11.2. The second-order valence-electron chi connectivity index (χ2n) is 5.41. The van der Waals surface area contributed by atoms with Crippen LogP contribution in [0.1, 0.15) is 31.2 Å². The number of anilines is 1. The lowest BCUT2D eigenvalue weighted by Gasteiger charge is -2.10. The van der Waals surface area contributed by atoms with Gasteiger partial charge >= 0.3 is 0 Å². The lowest BCUT2D eigenvalue weighted by molar-refractivity contribution is 0.424. The first kappa shape index (κ1) is 12.1. The minimum atomic E-state index is 0.713. The number of nitrogens with two attached hydrogens (primary N) is 1. The van der Waals surface area contributed by atoms with Gasteiger partial charge in [-0.05, 0) is 47.7 Å². The fourth-order valence-corrected chi connectivity index (χ4v) is 2.75. The molecule has 5 heteroatoms. The smallest absolute Gasteiger partial charge is 0.182 e. The minimum absolute atomic E-state index is 0.713. The topological polar surface area (TPSA) is 69.6 Å². The fourth-order valence-electron chi connectivity index (χ4n) is 2.75. The zero-order chi connectivity index (χ0) is 13.2. The van der Waals surface area contributed by atoms with Gasteiger partial charge in [-0.3, -0.25) is 0 Å². The number of benzene rings is 1. The third-order valence-corrected chi connectivity index (χ3v) is 3.98. The van der Waals surface area contributed by atoms with Gasteiger partial charge in [-0.15, -0.1) is 5.10 Å². The Bertz CT molecular complexity index is 569. The van der Waals surface area contributed by atoms with Crippen LogP contribution in [0.25, 0.3) is 11.4 Å². The highest BCUT2D eigenvalue weighted by atomic mass is 15.5. The quantitative estimate of drug-likeness (QED) is 0.857. The van der Waals surface area contributed by atoms with Crippen molar-refractivity contribution in [3.63, 3.8) is 0 Å². The van der Waals surface area contributed by atoms with Crippen molar-refractivity contribution in [3.8, 4) is 11.4 Å². The first-order chi connectivity index (χ1) is 9.24. The van der Waals surface area contributed by atoms with Gasteiger partial charge in [0.15, 0.2) is 5.82 Å². The van der Waals surface area contributed by atoms with E-state index in [1.807, 2.05) is 29.8 Å². The zero-order valence-corrected chi connectivity index (χ0v) is 11.2. The van der Waals surface area contributed by atoms with E-state index in [9.17, 15) is 0 Å². The molecule has 0 aliphatic heterocycles. The Balaban J connectivity index is 1.87. The van der Waals surface area contributed by atoms with E-state index in [1.165, 1.54) is 25.7 Å². The number of tetrazole rings is 1. The highest BCUT2D eigenvalue weighted by molar-refractivity contribution is 5.63. The van der Waals surface area contributed by atoms with Crippen LogP contribution in [0.3, 0.4) is 0 Å². The summed E-state index contributed by atoms with van der Waals surface area (Å²) in [6.45, 7) is 2.91. The van der Waals surface area contributed by atoms with E-state index < -0.39 is 0 Å². The van der Waals surface area contributed by atoms with Gasteiger partial charge in [-0.25, -0.2) is 4.68 Å². The van der Waals surface area contributed by atoms with Crippen LogP contribution >= 0.6 is 0 Å². The second kappa shape index (κ2) is 4.99. The van der Waals surface area contributed by atoms with E-state index in [0.717, 1.165) is 29.2 Å². The molecule has 1 aromatic carbocycles. The molecule has 3 rings (SSSR count). The third kappa shape index (κ3) is 2.45. The van der Waals surface area contributed by atoms with Crippen LogP contribution in [-0.4, -0.2) is 20.2 Å². The van der Waals surface area contributed by atoms with Gasteiger partial charge in [0, 0.05) is 17.8 Å². The van der Waals surface area contributed by atoms with Crippen molar-refractivity contribution >= 4 is 5.69 Å². The predicted octanol–water partition coefficient (Wildman–Crippen LogP) is 2.42. The average Bonchev–Trinajstić information content (AvgIpc) is 3.05. The highest BCUT2D eigenvalue weighted by Gasteiger charge is 2.18. The fraction of sp³-hybridized carbons (Fsp3) is 0.500. The molecule has 1 aromatic heterocycles. The molecule has 0 radical (unpaired) electrons. The molecule has 1 heterocycles. The van der Waals surface area contributed by atoms with E-state index in [1.54, 1.807) is 0 Å². The first-order valence-electron chi connectivity index (χ1n) is 6.86. The van der Waals surface area contributed by atoms with E-state index in [2.05, 4.69) is 15.5 Å². The number of nitrogen functional groups attached to an aromatic ring is 1. The Kier molecular flexibility index (Phi) is 3.19. The van der Waals surface area contributed by atoms with Gasteiger partial charge in [0.1, 0.15) is 0 Å². The van der Waals surface area contributed by atoms with Gasteiger partial charge < -0.3 is 5.73 Å². The van der Waals surface area contributed by atoms with E-state index in [-0.39, 0.29) is 0 Å².